The molecule has 2 unspecified atom stereocenters. The predicted molar refractivity (Wildman–Crippen MR) is 117 cm³/mol. The maximum absolute atomic E-state index is 11.5. The van der Waals surface area contributed by atoms with Gasteiger partial charge in [-0.2, -0.15) is 0 Å². The van der Waals surface area contributed by atoms with Crippen molar-refractivity contribution in [2.45, 2.75) is 32.5 Å². The fourth-order valence-electron chi connectivity index (χ4n) is 3.40. The molecule has 0 aromatic heterocycles. The summed E-state index contributed by atoms with van der Waals surface area (Å²) in [6, 6.07) is 12.0. The van der Waals surface area contributed by atoms with Crippen molar-refractivity contribution in [3.63, 3.8) is 0 Å². The standard InChI is InChI=1S/C25H26O6/c1-5-23(26)30-16(3)14-28-22-12-11-20-19-10-8-7-9-18(19)13-21(20)25(22)29-15-17(4)31-24(27)6-2/h5-12,16-17H,1-2,13-15H2,3-4H3. The first-order valence-corrected chi connectivity index (χ1v) is 10.1. The zero-order valence-corrected chi connectivity index (χ0v) is 17.8. The van der Waals surface area contributed by atoms with Crippen LogP contribution in [0.1, 0.15) is 25.0 Å². The van der Waals surface area contributed by atoms with E-state index >= 15 is 0 Å². The summed E-state index contributed by atoms with van der Waals surface area (Å²) in [6.45, 7) is 10.6. The van der Waals surface area contributed by atoms with Crippen molar-refractivity contribution < 1.29 is 28.5 Å². The molecule has 0 amide bonds. The summed E-state index contributed by atoms with van der Waals surface area (Å²) < 4.78 is 22.4. The lowest BCUT2D eigenvalue weighted by atomic mass is 10.1. The number of carbonyl (C=O) groups is 2. The second kappa shape index (κ2) is 9.98. The maximum atomic E-state index is 11.5. The number of hydrogen-bond acceptors (Lipinski definition) is 6. The molecule has 2 aromatic carbocycles. The molecule has 0 saturated heterocycles. The van der Waals surface area contributed by atoms with E-state index in [4.69, 9.17) is 18.9 Å². The lowest BCUT2D eigenvalue weighted by Crippen LogP contribution is -2.23. The maximum Gasteiger partial charge on any atom is 0.330 e. The SMILES string of the molecule is C=CC(=O)OC(C)COc1ccc2c(c1OCC(C)OC(=O)C=C)Cc1ccccc1-2. The third kappa shape index (κ3) is 5.34. The summed E-state index contributed by atoms with van der Waals surface area (Å²) in [5.74, 6) is 0.124. The van der Waals surface area contributed by atoms with E-state index in [2.05, 4.69) is 25.3 Å². The zero-order valence-electron chi connectivity index (χ0n) is 17.8. The molecule has 0 heterocycles. The number of ether oxygens (including phenoxy) is 4. The molecule has 0 spiro atoms. The van der Waals surface area contributed by atoms with Crippen LogP contribution in [0, 0.1) is 0 Å². The highest BCUT2D eigenvalue weighted by Gasteiger charge is 2.25. The molecule has 0 fully saturated rings. The summed E-state index contributed by atoms with van der Waals surface area (Å²) in [4.78, 5) is 22.9. The van der Waals surface area contributed by atoms with Gasteiger partial charge in [-0.25, -0.2) is 9.59 Å². The Morgan fingerprint density at radius 1 is 0.903 bits per heavy atom. The number of esters is 2. The molecule has 0 bridgehead atoms. The van der Waals surface area contributed by atoms with Crippen LogP contribution in [0.4, 0.5) is 0 Å². The average molecular weight is 422 g/mol. The van der Waals surface area contributed by atoms with E-state index in [0.717, 1.165) is 28.8 Å². The fourth-order valence-corrected chi connectivity index (χ4v) is 3.40. The first-order chi connectivity index (χ1) is 14.9. The van der Waals surface area contributed by atoms with Crippen molar-refractivity contribution in [2.24, 2.45) is 0 Å². The Hall–Kier alpha value is -3.54. The van der Waals surface area contributed by atoms with Gasteiger partial charge in [-0.1, -0.05) is 43.5 Å². The van der Waals surface area contributed by atoms with Crippen molar-refractivity contribution >= 4 is 11.9 Å². The molecule has 0 radical (unpaired) electrons. The number of rotatable bonds is 10. The highest BCUT2D eigenvalue weighted by atomic mass is 16.6. The zero-order chi connectivity index (χ0) is 22.4. The van der Waals surface area contributed by atoms with E-state index in [1.165, 1.54) is 5.56 Å². The van der Waals surface area contributed by atoms with Gasteiger partial charge in [0, 0.05) is 24.1 Å². The topological polar surface area (TPSA) is 71.1 Å². The van der Waals surface area contributed by atoms with E-state index in [0.29, 0.717) is 17.9 Å². The van der Waals surface area contributed by atoms with Crippen molar-refractivity contribution in [1.82, 2.24) is 0 Å². The highest BCUT2D eigenvalue weighted by Crippen LogP contribution is 2.45. The number of hydrogen-bond donors (Lipinski definition) is 0. The summed E-state index contributed by atoms with van der Waals surface area (Å²) >= 11 is 0. The first-order valence-electron chi connectivity index (χ1n) is 10.1. The van der Waals surface area contributed by atoms with Gasteiger partial charge in [0.25, 0.3) is 0 Å². The number of fused-ring (bicyclic) bond motifs is 3. The van der Waals surface area contributed by atoms with Gasteiger partial charge in [0.05, 0.1) is 0 Å². The Bertz CT molecular complexity index is 994. The van der Waals surface area contributed by atoms with Crippen LogP contribution in [-0.2, 0) is 25.5 Å². The van der Waals surface area contributed by atoms with Gasteiger partial charge in [0.1, 0.15) is 25.4 Å². The molecular formula is C25H26O6. The molecule has 0 aliphatic heterocycles. The minimum absolute atomic E-state index is 0.155. The largest absolute Gasteiger partial charge is 0.486 e. The summed E-state index contributed by atoms with van der Waals surface area (Å²) in [5.41, 5.74) is 4.46. The lowest BCUT2D eigenvalue weighted by molar-refractivity contribution is -0.144. The number of carbonyl (C=O) groups excluding carboxylic acids is 2. The minimum atomic E-state index is -0.505. The molecule has 2 aromatic rings. The molecule has 1 aliphatic carbocycles. The van der Waals surface area contributed by atoms with Crippen LogP contribution in [0.15, 0.2) is 61.7 Å². The molecule has 162 valence electrons. The fraction of sp³-hybridized carbons (Fsp3) is 0.280. The molecule has 2 atom stereocenters. The van der Waals surface area contributed by atoms with Crippen LogP contribution in [0.5, 0.6) is 11.5 Å². The average Bonchev–Trinajstić information content (AvgIpc) is 3.15. The van der Waals surface area contributed by atoms with Gasteiger partial charge in [0.2, 0.25) is 0 Å². The van der Waals surface area contributed by atoms with E-state index in [1.807, 2.05) is 24.3 Å². The van der Waals surface area contributed by atoms with Crippen LogP contribution in [0.3, 0.4) is 0 Å². The normalized spacial score (nSPS) is 13.2. The van der Waals surface area contributed by atoms with Gasteiger partial charge in [0.15, 0.2) is 11.5 Å². The molecule has 0 N–H and O–H groups in total. The molecule has 6 heteroatoms. The Balaban J connectivity index is 1.82. The first kappa shape index (κ1) is 22.2. The van der Waals surface area contributed by atoms with Crippen molar-refractivity contribution in [2.75, 3.05) is 13.2 Å². The Morgan fingerprint density at radius 2 is 1.52 bits per heavy atom. The van der Waals surface area contributed by atoms with E-state index < -0.39 is 24.1 Å². The predicted octanol–water partition coefficient (Wildman–Crippen LogP) is 4.25. The molecule has 6 nitrogen and oxygen atoms in total. The van der Waals surface area contributed by atoms with Gasteiger partial charge in [-0.15, -0.1) is 0 Å². The third-order valence-electron chi connectivity index (χ3n) is 4.80. The van der Waals surface area contributed by atoms with Crippen molar-refractivity contribution in [3.8, 4) is 22.6 Å². The van der Waals surface area contributed by atoms with E-state index in [1.54, 1.807) is 13.8 Å². The quantitative estimate of drug-likeness (QED) is 0.359. The second-order valence-electron chi connectivity index (χ2n) is 7.28. The summed E-state index contributed by atoms with van der Waals surface area (Å²) in [7, 11) is 0. The van der Waals surface area contributed by atoms with Gasteiger partial charge >= 0.3 is 11.9 Å². The molecular weight excluding hydrogens is 396 g/mol. The van der Waals surface area contributed by atoms with Crippen molar-refractivity contribution in [3.05, 3.63) is 72.8 Å². The molecule has 3 rings (SSSR count). The Labute approximate surface area is 182 Å². The van der Waals surface area contributed by atoms with E-state index in [9.17, 15) is 9.59 Å². The monoisotopic (exact) mass is 422 g/mol. The van der Waals surface area contributed by atoms with Gasteiger partial charge in [-0.3, -0.25) is 0 Å². The summed E-state index contributed by atoms with van der Waals surface area (Å²) in [5, 5.41) is 0. The van der Waals surface area contributed by atoms with Crippen LogP contribution < -0.4 is 9.47 Å². The van der Waals surface area contributed by atoms with Crippen molar-refractivity contribution in [1.29, 1.82) is 0 Å². The smallest absolute Gasteiger partial charge is 0.330 e. The molecule has 0 saturated carbocycles. The Morgan fingerprint density at radius 3 is 2.16 bits per heavy atom. The van der Waals surface area contributed by atoms with Crippen LogP contribution in [0.2, 0.25) is 0 Å². The van der Waals surface area contributed by atoms with Gasteiger partial charge in [-0.05, 0) is 36.6 Å². The Kier molecular flexibility index (Phi) is 7.13. The third-order valence-corrected chi connectivity index (χ3v) is 4.80. The highest BCUT2D eigenvalue weighted by molar-refractivity contribution is 5.82. The summed E-state index contributed by atoms with van der Waals surface area (Å²) in [6.07, 6.45) is 2.01. The van der Waals surface area contributed by atoms with Gasteiger partial charge < -0.3 is 18.9 Å². The van der Waals surface area contributed by atoms with Crippen LogP contribution in [0.25, 0.3) is 11.1 Å². The molecule has 31 heavy (non-hydrogen) atoms. The van der Waals surface area contributed by atoms with E-state index in [-0.39, 0.29) is 13.2 Å². The number of benzene rings is 2. The van der Waals surface area contributed by atoms with Crippen LogP contribution >= 0.6 is 0 Å². The lowest BCUT2D eigenvalue weighted by Gasteiger charge is -2.20. The second-order valence-corrected chi connectivity index (χ2v) is 7.28. The molecule has 1 aliphatic rings. The minimum Gasteiger partial charge on any atom is -0.486 e. The van der Waals surface area contributed by atoms with Crippen LogP contribution in [-0.4, -0.2) is 37.4 Å².